The highest BCUT2D eigenvalue weighted by Crippen LogP contribution is 2.56. The summed E-state index contributed by atoms with van der Waals surface area (Å²) in [5.74, 6) is 0. The number of hydrogen-bond donors (Lipinski definition) is 12. The molecule has 470 valence electrons. The van der Waals surface area contributed by atoms with Gasteiger partial charge >= 0.3 is 0 Å². The Bertz CT molecular complexity index is 4100. The van der Waals surface area contributed by atoms with E-state index < -0.39 is 0 Å². The number of anilines is 12. The molecule has 0 spiro atoms. The molecule has 12 nitrogen and oxygen atoms in total. The first-order chi connectivity index (χ1) is 42.6. The summed E-state index contributed by atoms with van der Waals surface area (Å²) < 4.78 is 0. The Hall–Kier alpha value is -12.0. The zero-order valence-corrected chi connectivity index (χ0v) is 48.8. The molecule has 0 saturated carbocycles. The highest BCUT2D eigenvalue weighted by molar-refractivity contribution is 6.02. The van der Waals surface area contributed by atoms with Crippen molar-refractivity contribution in [1.29, 1.82) is 0 Å². The first-order valence-electron chi connectivity index (χ1n) is 28.6. The number of hydrogen-bond acceptors (Lipinski definition) is 12. The Kier molecular flexibility index (Phi) is 25.2. The predicted molar refractivity (Wildman–Crippen MR) is 406 cm³/mol. The number of nitrogen functional groups attached to an aromatic ring is 12. The maximum absolute atomic E-state index is 6.00. The normalized spacial score (nSPS) is 10.7. The van der Waals surface area contributed by atoms with Crippen LogP contribution in [0.15, 0.2) is 291 Å². The van der Waals surface area contributed by atoms with E-state index in [-0.39, 0.29) is 35.1 Å². The Balaban J connectivity index is 0.000000208. The molecule has 92 heavy (non-hydrogen) atoms. The zero-order valence-electron chi connectivity index (χ0n) is 48.8. The van der Waals surface area contributed by atoms with E-state index in [1.54, 1.807) is 24.3 Å². The summed E-state index contributed by atoms with van der Waals surface area (Å²) in [7, 11) is 0. The summed E-state index contributed by atoms with van der Waals surface area (Å²) in [6.07, 6.45) is 0.917. The topological polar surface area (TPSA) is 312 Å². The van der Waals surface area contributed by atoms with Crippen molar-refractivity contribution in [3.63, 3.8) is 0 Å². The lowest BCUT2D eigenvalue weighted by Crippen LogP contribution is -2.28. The molecule has 0 radical (unpaired) electrons. The molecule has 0 unspecified atom stereocenters. The van der Waals surface area contributed by atoms with E-state index in [1.165, 1.54) is 44.5 Å². The van der Waals surface area contributed by atoms with Gasteiger partial charge in [0.25, 0.3) is 0 Å². The van der Waals surface area contributed by atoms with Crippen molar-refractivity contribution in [2.45, 2.75) is 41.5 Å². The molecule has 0 aliphatic heterocycles. The smallest absolute Gasteiger partial charge is 0.0713 e. The van der Waals surface area contributed by atoms with Crippen molar-refractivity contribution in [1.82, 2.24) is 0 Å². The molecule has 0 fully saturated rings. The number of fused-ring (bicyclic) bond motifs is 5. The first-order valence-corrected chi connectivity index (χ1v) is 28.6. The summed E-state index contributed by atoms with van der Waals surface area (Å²) in [6.45, 7) is 0. The number of rotatable bonds is 5. The summed E-state index contributed by atoms with van der Waals surface area (Å²) in [6, 6.07) is 95.5. The van der Waals surface area contributed by atoms with Gasteiger partial charge in [-0.05, 0) is 189 Å². The van der Waals surface area contributed by atoms with Crippen LogP contribution in [0.3, 0.4) is 0 Å². The first kappa shape index (κ1) is 70.7. The highest BCUT2D eigenvalue weighted by atomic mass is 14.6. The third-order valence-electron chi connectivity index (χ3n) is 15.1. The summed E-state index contributed by atoms with van der Waals surface area (Å²) >= 11 is 0. The third kappa shape index (κ3) is 17.2. The van der Waals surface area contributed by atoms with Gasteiger partial charge in [-0.3, -0.25) is 0 Å². The molecule has 0 saturated heterocycles. The fourth-order valence-electron chi connectivity index (χ4n) is 10.6. The molecule has 14 rings (SSSR count). The minimum absolute atomic E-state index is 0. The van der Waals surface area contributed by atoms with E-state index in [1.807, 2.05) is 194 Å². The minimum atomic E-state index is -0.380. The van der Waals surface area contributed by atoms with Crippen molar-refractivity contribution in [2.24, 2.45) is 0 Å². The van der Waals surface area contributed by atoms with Gasteiger partial charge in [0.1, 0.15) is 0 Å². The van der Waals surface area contributed by atoms with Gasteiger partial charge in [0.05, 0.1) is 5.41 Å². The van der Waals surface area contributed by atoms with Crippen molar-refractivity contribution in [3.8, 4) is 22.3 Å². The molecule has 24 N–H and O–H groups in total. The summed E-state index contributed by atoms with van der Waals surface area (Å²) in [4.78, 5) is 0. The second-order valence-corrected chi connectivity index (χ2v) is 21.2. The lowest BCUT2D eigenvalue weighted by molar-refractivity contribution is 0.769. The Morgan fingerprint density at radius 2 is 0.500 bits per heavy atom. The Morgan fingerprint density at radius 3 is 0.815 bits per heavy atom. The molecule has 0 amide bonds. The lowest BCUT2D eigenvalue weighted by Gasteiger charge is -2.34. The van der Waals surface area contributed by atoms with Crippen LogP contribution < -0.4 is 68.8 Å². The van der Waals surface area contributed by atoms with Crippen LogP contribution in [0.25, 0.3) is 43.8 Å². The Morgan fingerprint density at radius 1 is 0.228 bits per heavy atom. The maximum atomic E-state index is 6.00. The molecule has 1 aliphatic rings. The molecule has 1 aliphatic carbocycles. The van der Waals surface area contributed by atoms with Crippen LogP contribution in [-0.4, -0.2) is 0 Å². The second kappa shape index (κ2) is 32.8. The van der Waals surface area contributed by atoms with Gasteiger partial charge in [0.2, 0.25) is 0 Å². The van der Waals surface area contributed by atoms with Gasteiger partial charge < -0.3 is 68.8 Å². The molecule has 0 atom stereocenters. The molecule has 12 heteroatoms. The second-order valence-electron chi connectivity index (χ2n) is 21.2. The van der Waals surface area contributed by atoms with Crippen molar-refractivity contribution < 1.29 is 0 Å². The van der Waals surface area contributed by atoms with Crippen molar-refractivity contribution >= 4 is 89.8 Å². The van der Waals surface area contributed by atoms with E-state index in [2.05, 4.69) is 72.8 Å². The average molecular weight is 1220 g/mol. The van der Waals surface area contributed by atoms with E-state index in [9.17, 15) is 0 Å². The molecule has 13 aromatic rings. The average Bonchev–Trinajstić information content (AvgIpc) is 1.53. The Labute approximate surface area is 544 Å². The van der Waals surface area contributed by atoms with E-state index >= 15 is 0 Å². The maximum Gasteiger partial charge on any atom is 0.0713 e. The largest absolute Gasteiger partial charge is 0.399 e. The third-order valence-corrected chi connectivity index (χ3v) is 15.1. The number of benzene rings is 13. The van der Waals surface area contributed by atoms with Crippen LogP contribution >= 0.6 is 0 Å². The fourth-order valence-corrected chi connectivity index (χ4v) is 10.6. The summed E-state index contributed by atoms with van der Waals surface area (Å²) in [5, 5.41) is 4.10. The van der Waals surface area contributed by atoms with Crippen LogP contribution in [0, 0.1) is 0 Å². The van der Waals surface area contributed by atoms with Gasteiger partial charge in [-0.25, -0.2) is 0 Å². The van der Waals surface area contributed by atoms with Crippen LogP contribution in [0.5, 0.6) is 0 Å². The van der Waals surface area contributed by atoms with Gasteiger partial charge in [-0.1, -0.05) is 200 Å². The molecular weight excluding hydrogens is 1130 g/mol. The van der Waals surface area contributed by atoms with Crippen molar-refractivity contribution in [2.75, 3.05) is 68.8 Å². The highest BCUT2D eigenvalue weighted by Gasteiger charge is 2.45. The van der Waals surface area contributed by atoms with Gasteiger partial charge in [0, 0.05) is 84.4 Å². The van der Waals surface area contributed by atoms with Gasteiger partial charge in [0.15, 0.2) is 0 Å². The van der Waals surface area contributed by atoms with Gasteiger partial charge in [-0.15, -0.1) is 0 Å². The van der Waals surface area contributed by atoms with Crippen molar-refractivity contribution in [3.05, 3.63) is 325 Å². The molecule has 0 heterocycles. The molecule has 0 aromatic heterocycles. The summed E-state index contributed by atoms with van der Waals surface area (Å²) in [5.41, 5.74) is 89.5. The van der Waals surface area contributed by atoms with Crippen LogP contribution in [-0.2, 0) is 11.8 Å². The van der Waals surface area contributed by atoms with Crippen LogP contribution in [0.2, 0.25) is 0 Å². The number of nitrogens with two attached hydrogens (primary N) is 12. The SMILES string of the molecule is C.C.C.C.Nc1ccc(-c2ccc(N)cc2)cc1.Nc1ccc(C2(c3ccc(N)cc3)c3ccccc3-c3ccccc32)cc1.Nc1ccc(Cc2ccc(N)cc2)cc1.Nc1ccc(N)c2ccccc12.Nc1ccc(N)cc1.Nc1cccc2cccc(N)c12. The fraction of sp³-hybridized carbons (Fsp3) is 0.0750. The van der Waals surface area contributed by atoms with E-state index in [0.717, 1.165) is 107 Å². The predicted octanol–water partition coefficient (Wildman–Crippen LogP) is 17.6. The van der Waals surface area contributed by atoms with Gasteiger partial charge in [-0.2, -0.15) is 0 Å². The molecule has 0 bridgehead atoms. The monoisotopic (exact) mass is 1220 g/mol. The quantitative estimate of drug-likeness (QED) is 0.0716. The van der Waals surface area contributed by atoms with Crippen LogP contribution in [0.1, 0.15) is 63.1 Å². The van der Waals surface area contributed by atoms with E-state index in [0.29, 0.717) is 0 Å². The lowest BCUT2D eigenvalue weighted by atomic mass is 9.67. The molecular formula is C80H90N12. The standard InChI is InChI=1S/C25H20N2.C13H14N2.C12H12N2.2C10H10N2.C6H8N2.4CH4/c26-19-13-9-17(10-14-19)25(18-11-15-20(27)16-12-18)23-7-3-1-5-21(23)22-6-2-4-8-24(22)25;14-12-5-1-10(2-6-12)9-11-3-7-13(15)8-4-11;13-11-5-1-9(2-6-11)10-3-7-12(14)8-4-10;11-8-5-1-3-7-4-2-6-9(12)10(7)8;11-9-5-6-10(12)8-4-2-1-3-7(8)9;7-5-1-2-6(8)4-3-5;;;;/h1-16H,26-27H2;1-8H,9,14-15H2;1-8H,13-14H2;2*1-6H,11-12H2;1-4H,7-8H2;4*1H4. The minimum Gasteiger partial charge on any atom is -0.399 e. The molecule has 13 aromatic carbocycles. The zero-order chi connectivity index (χ0) is 62.2. The van der Waals surface area contributed by atoms with Crippen LogP contribution in [0.4, 0.5) is 68.2 Å². The van der Waals surface area contributed by atoms with E-state index in [4.69, 9.17) is 68.8 Å².